The van der Waals surface area contributed by atoms with Gasteiger partial charge in [-0.15, -0.1) is 10.6 Å². The second-order valence-electron chi connectivity index (χ2n) is 4.20. The summed E-state index contributed by atoms with van der Waals surface area (Å²) in [6.07, 6.45) is 1.30. The molecule has 2 aromatic rings. The smallest absolute Gasteiger partial charge is 0.344 e. The van der Waals surface area contributed by atoms with Crippen molar-refractivity contribution in [3.05, 3.63) is 59.8 Å². The Morgan fingerprint density at radius 2 is 1.75 bits per heavy atom. The average molecular weight is 296 g/mol. The van der Waals surface area contributed by atoms with Crippen molar-refractivity contribution in [1.29, 1.82) is 0 Å². The molecule has 2 rings (SSSR count). The number of hydrogen-bond donors (Lipinski definition) is 4. The maximum Gasteiger partial charge on any atom is 0.344 e. The number of nitrogens with zero attached hydrogens (tertiary/aromatic N) is 1. The van der Waals surface area contributed by atoms with Crippen LogP contribution in [-0.2, 0) is 5.75 Å². The minimum atomic E-state index is -3.21. The quantitative estimate of drug-likeness (QED) is 0.512. The lowest BCUT2D eigenvalue weighted by Crippen LogP contribution is -2.35. The highest BCUT2D eigenvalue weighted by molar-refractivity contribution is 8.23. The van der Waals surface area contributed by atoms with E-state index in [4.69, 9.17) is 5.11 Å². The lowest BCUT2D eigenvalue weighted by molar-refractivity contribution is -0.933. The molecule has 1 aromatic heterocycles. The van der Waals surface area contributed by atoms with Gasteiger partial charge in [0.25, 0.3) is 0 Å². The summed E-state index contributed by atoms with van der Waals surface area (Å²) in [5, 5.41) is 18.4. The molecular formula is C13H14NO5S+. The van der Waals surface area contributed by atoms with Gasteiger partial charge >= 0.3 is 11.0 Å². The van der Waals surface area contributed by atoms with E-state index in [-0.39, 0.29) is 16.3 Å². The zero-order valence-electron chi connectivity index (χ0n) is 10.4. The van der Waals surface area contributed by atoms with Gasteiger partial charge in [0.1, 0.15) is 0 Å². The zero-order valence-corrected chi connectivity index (χ0v) is 11.2. The molecule has 1 aromatic carbocycles. The van der Waals surface area contributed by atoms with Crippen LogP contribution in [0.3, 0.4) is 0 Å². The Labute approximate surface area is 116 Å². The Kier molecular flexibility index (Phi) is 3.93. The van der Waals surface area contributed by atoms with E-state index in [0.717, 1.165) is 0 Å². The molecule has 0 saturated heterocycles. The fourth-order valence-corrected chi connectivity index (χ4v) is 3.19. The van der Waals surface area contributed by atoms with Crippen molar-refractivity contribution in [2.75, 3.05) is 0 Å². The van der Waals surface area contributed by atoms with E-state index < -0.39 is 16.6 Å². The van der Waals surface area contributed by atoms with Crippen LogP contribution in [0.1, 0.15) is 15.9 Å². The molecule has 1 heterocycles. The second-order valence-corrected chi connectivity index (χ2v) is 6.24. The lowest BCUT2D eigenvalue weighted by atomic mass is 10.1. The molecule has 0 bridgehead atoms. The molecule has 0 radical (unpaired) electrons. The molecule has 6 nitrogen and oxygen atoms in total. The van der Waals surface area contributed by atoms with Gasteiger partial charge in [0.2, 0.25) is 6.20 Å². The number of carboxylic acids is 1. The minimum absolute atomic E-state index is 0.00214. The van der Waals surface area contributed by atoms with Gasteiger partial charge in [0.15, 0.2) is 0 Å². The second kappa shape index (κ2) is 5.49. The third-order valence-corrected chi connectivity index (χ3v) is 4.44. The maximum absolute atomic E-state index is 10.7. The summed E-state index contributed by atoms with van der Waals surface area (Å²) in [5.41, 5.74) is 0.695. The number of hydrogen-bond acceptors (Lipinski definition) is 4. The Hall–Kier alpha value is -2.09. The van der Waals surface area contributed by atoms with E-state index in [1.807, 2.05) is 0 Å². The highest BCUT2D eigenvalue weighted by atomic mass is 32.3. The Morgan fingerprint density at radius 1 is 1.10 bits per heavy atom. The van der Waals surface area contributed by atoms with Crippen LogP contribution in [0.5, 0.6) is 0 Å². The van der Waals surface area contributed by atoms with E-state index in [0.29, 0.717) is 10.3 Å². The van der Waals surface area contributed by atoms with E-state index in [1.165, 1.54) is 36.5 Å². The fraction of sp³-hybridized carbons (Fsp3) is 0.0769. The van der Waals surface area contributed by atoms with E-state index in [2.05, 4.69) is 0 Å². The monoisotopic (exact) mass is 296 g/mol. The largest absolute Gasteiger partial charge is 0.478 e. The molecule has 0 aliphatic rings. The number of pyridine rings is 1. The van der Waals surface area contributed by atoms with Crippen LogP contribution in [0.2, 0.25) is 0 Å². The summed E-state index contributed by atoms with van der Waals surface area (Å²) in [4.78, 5) is 10.7. The molecule has 0 fully saturated rings. The van der Waals surface area contributed by atoms with Gasteiger partial charge in [-0.05, 0) is 23.8 Å². The molecule has 0 aliphatic carbocycles. The summed E-state index contributed by atoms with van der Waals surface area (Å²) < 4.78 is 20.9. The van der Waals surface area contributed by atoms with Crippen LogP contribution in [-0.4, -0.2) is 25.4 Å². The molecule has 7 heteroatoms. The normalized spacial score (nSPS) is 12.1. The molecule has 106 valence electrons. The molecule has 4 N–H and O–H groups in total. The molecule has 0 saturated carbocycles. The van der Waals surface area contributed by atoms with Crippen molar-refractivity contribution in [2.24, 2.45) is 0 Å². The highest BCUT2D eigenvalue weighted by Gasteiger charge is 2.27. The predicted octanol–water partition coefficient (Wildman–Crippen LogP) is 2.22. The lowest BCUT2D eigenvalue weighted by Gasteiger charge is -2.27. The zero-order chi connectivity index (χ0) is 14.8. The van der Waals surface area contributed by atoms with Gasteiger partial charge in [-0.1, -0.05) is 12.1 Å². The van der Waals surface area contributed by atoms with Crippen LogP contribution in [0, 0.1) is 0 Å². The summed E-state index contributed by atoms with van der Waals surface area (Å²) in [5.74, 6) is -1.14. The Bertz CT molecular complexity index is 627. The van der Waals surface area contributed by atoms with Gasteiger partial charge in [0, 0.05) is 16.9 Å². The van der Waals surface area contributed by atoms with Crippen LogP contribution >= 0.6 is 10.6 Å². The van der Waals surface area contributed by atoms with E-state index in [1.54, 1.807) is 12.1 Å². The number of aromatic carboxylic acids is 1. The summed E-state index contributed by atoms with van der Waals surface area (Å²) >= 11 is 0. The number of carboxylic acid groups (broad SMARTS) is 1. The van der Waals surface area contributed by atoms with E-state index >= 15 is 0 Å². The molecule has 0 atom stereocenters. The highest BCUT2D eigenvalue weighted by Crippen LogP contribution is 2.48. The van der Waals surface area contributed by atoms with Gasteiger partial charge in [0.05, 0.1) is 11.3 Å². The first-order valence-electron chi connectivity index (χ1n) is 5.68. The number of carbonyl (C=O) groups is 1. The number of benzene rings is 1. The van der Waals surface area contributed by atoms with Crippen molar-refractivity contribution in [3.8, 4) is 0 Å². The Balaban J connectivity index is 2.24. The van der Waals surface area contributed by atoms with Gasteiger partial charge in [-0.2, -0.15) is 0 Å². The van der Waals surface area contributed by atoms with Crippen LogP contribution < -0.4 is 4.73 Å². The Morgan fingerprint density at radius 3 is 2.30 bits per heavy atom. The minimum Gasteiger partial charge on any atom is -0.478 e. The molecule has 0 unspecified atom stereocenters. The van der Waals surface area contributed by atoms with E-state index in [9.17, 15) is 19.1 Å². The number of aromatic nitrogens is 1. The van der Waals surface area contributed by atoms with Crippen LogP contribution in [0.4, 0.5) is 0 Å². The molecule has 0 spiro atoms. The van der Waals surface area contributed by atoms with Gasteiger partial charge < -0.3 is 5.11 Å². The predicted molar refractivity (Wildman–Crippen MR) is 72.0 cm³/mol. The van der Waals surface area contributed by atoms with Gasteiger partial charge in [-0.3, -0.25) is 14.3 Å². The maximum atomic E-state index is 10.7. The first kappa shape index (κ1) is 14.3. The van der Waals surface area contributed by atoms with Crippen molar-refractivity contribution in [2.45, 2.75) is 10.8 Å². The summed E-state index contributed by atoms with van der Waals surface area (Å²) in [6, 6.07) is 10.4. The molecule has 20 heavy (non-hydrogen) atoms. The molecule has 0 aliphatic heterocycles. The first-order valence-corrected chi connectivity index (χ1v) is 7.40. The van der Waals surface area contributed by atoms with Crippen LogP contribution in [0.25, 0.3) is 0 Å². The molecular weight excluding hydrogens is 282 g/mol. The number of rotatable bonds is 4. The summed E-state index contributed by atoms with van der Waals surface area (Å²) in [7, 11) is -3.21. The van der Waals surface area contributed by atoms with Gasteiger partial charge in [-0.25, -0.2) is 4.79 Å². The fourth-order valence-electron chi connectivity index (χ4n) is 1.73. The van der Waals surface area contributed by atoms with Crippen molar-refractivity contribution < 1.29 is 28.9 Å². The molecule has 0 amide bonds. The average Bonchev–Trinajstić information content (AvgIpc) is 2.39. The third kappa shape index (κ3) is 3.08. The SMILES string of the molecule is O=C(O)c1ccc(CS(O)(O)c2cccc[n+]2O)cc1. The van der Waals surface area contributed by atoms with Crippen molar-refractivity contribution >= 4 is 16.6 Å². The van der Waals surface area contributed by atoms with Crippen LogP contribution in [0.15, 0.2) is 53.7 Å². The van der Waals surface area contributed by atoms with Crippen molar-refractivity contribution in [3.63, 3.8) is 0 Å². The summed E-state index contributed by atoms with van der Waals surface area (Å²) in [6.45, 7) is 0. The standard InChI is InChI=1S/C13H13NO5S/c15-13(16)11-6-4-10(5-7-11)9-20(18,19)12-3-1-2-8-14(12)17/h1-8H,9H2,(H3-,15,16,17,18,19)/p+1. The van der Waals surface area contributed by atoms with Crippen molar-refractivity contribution in [1.82, 2.24) is 0 Å². The topological polar surface area (TPSA) is 102 Å². The third-order valence-electron chi connectivity index (χ3n) is 2.71. The first-order chi connectivity index (χ1) is 9.40.